The number of H-pyrrole nitrogens is 1. The number of carbonyl (C=O) groups excluding carboxylic acids is 1. The van der Waals surface area contributed by atoms with Gasteiger partial charge in [-0.3, -0.25) is 9.20 Å². The lowest BCUT2D eigenvalue weighted by atomic mass is 10.1. The van der Waals surface area contributed by atoms with Gasteiger partial charge in [0.05, 0.1) is 18.4 Å². The van der Waals surface area contributed by atoms with Crippen molar-refractivity contribution in [3.63, 3.8) is 0 Å². The first-order valence-corrected chi connectivity index (χ1v) is 9.61. The highest BCUT2D eigenvalue weighted by atomic mass is 32.2. The molecule has 0 radical (unpaired) electrons. The van der Waals surface area contributed by atoms with Gasteiger partial charge in [0.2, 0.25) is 0 Å². The number of nitrogens with zero attached hydrogens (tertiary/aromatic N) is 3. The summed E-state index contributed by atoms with van der Waals surface area (Å²) in [5.41, 5.74) is 5.47. The average Bonchev–Trinajstić information content (AvgIpc) is 3.21. The van der Waals surface area contributed by atoms with Crippen molar-refractivity contribution < 1.29 is 9.53 Å². The minimum absolute atomic E-state index is 0.0765. The number of aromatic amines is 1. The van der Waals surface area contributed by atoms with Gasteiger partial charge in [-0.1, -0.05) is 11.8 Å². The normalized spacial score (nSPS) is 11.4. The second kappa shape index (κ2) is 6.74. The lowest BCUT2D eigenvalue weighted by Crippen LogP contribution is -2.04. The smallest absolute Gasteiger partial charge is 0.196 e. The Morgan fingerprint density at radius 3 is 2.70 bits per heavy atom. The summed E-state index contributed by atoms with van der Waals surface area (Å²) in [6.07, 6.45) is 0. The van der Waals surface area contributed by atoms with Crippen molar-refractivity contribution in [2.45, 2.75) is 25.9 Å². The third-order valence-electron chi connectivity index (χ3n) is 4.66. The molecule has 0 spiro atoms. The van der Waals surface area contributed by atoms with E-state index in [1.165, 1.54) is 11.8 Å². The highest BCUT2D eigenvalue weighted by molar-refractivity contribution is 7.99. The highest BCUT2D eigenvalue weighted by Gasteiger charge is 2.16. The quantitative estimate of drug-likeness (QED) is 0.416. The van der Waals surface area contributed by atoms with Gasteiger partial charge in [0.15, 0.2) is 16.6 Å². The number of pyridine rings is 1. The van der Waals surface area contributed by atoms with Gasteiger partial charge in [0, 0.05) is 28.4 Å². The number of benzene rings is 1. The van der Waals surface area contributed by atoms with Crippen LogP contribution in [0, 0.1) is 20.8 Å². The van der Waals surface area contributed by atoms with E-state index in [4.69, 9.17) is 4.74 Å². The van der Waals surface area contributed by atoms with Crippen molar-refractivity contribution in [3.8, 4) is 5.75 Å². The fourth-order valence-electron chi connectivity index (χ4n) is 3.34. The SMILES string of the molecule is COc1ccc2c(C)cc3nnc(SCC(=O)c4cc(C)[nH]c4C)n3c2c1. The molecule has 0 saturated heterocycles. The Balaban J connectivity index is 1.73. The lowest BCUT2D eigenvalue weighted by Gasteiger charge is -2.09. The number of nitrogens with one attached hydrogen (secondary N) is 1. The number of carbonyl (C=O) groups is 1. The molecule has 0 bridgehead atoms. The van der Waals surface area contributed by atoms with Crippen molar-refractivity contribution in [3.05, 3.63) is 52.8 Å². The summed E-state index contributed by atoms with van der Waals surface area (Å²) in [4.78, 5) is 15.8. The Bertz CT molecular complexity index is 1180. The summed E-state index contributed by atoms with van der Waals surface area (Å²) in [5, 5.41) is 10.4. The first-order chi connectivity index (χ1) is 13.0. The minimum atomic E-state index is 0.0765. The van der Waals surface area contributed by atoms with Crippen molar-refractivity contribution in [2.75, 3.05) is 12.9 Å². The van der Waals surface area contributed by atoms with Crippen molar-refractivity contribution in [1.29, 1.82) is 0 Å². The van der Waals surface area contributed by atoms with Crippen LogP contribution in [0.1, 0.15) is 27.3 Å². The zero-order valence-electron chi connectivity index (χ0n) is 15.7. The summed E-state index contributed by atoms with van der Waals surface area (Å²) < 4.78 is 7.36. The number of ether oxygens (including phenoxy) is 1. The zero-order chi connectivity index (χ0) is 19.1. The number of ketones is 1. The van der Waals surface area contributed by atoms with Gasteiger partial charge in [-0.15, -0.1) is 10.2 Å². The van der Waals surface area contributed by atoms with Crippen LogP contribution in [0.15, 0.2) is 35.5 Å². The van der Waals surface area contributed by atoms with E-state index in [-0.39, 0.29) is 5.78 Å². The van der Waals surface area contributed by atoms with Crippen LogP contribution in [0.5, 0.6) is 5.75 Å². The summed E-state index contributed by atoms with van der Waals surface area (Å²) in [7, 11) is 1.65. The van der Waals surface area contributed by atoms with Gasteiger partial charge >= 0.3 is 0 Å². The van der Waals surface area contributed by atoms with Gasteiger partial charge < -0.3 is 9.72 Å². The van der Waals surface area contributed by atoms with Crippen LogP contribution in [0.2, 0.25) is 0 Å². The van der Waals surface area contributed by atoms with E-state index in [0.29, 0.717) is 10.9 Å². The van der Waals surface area contributed by atoms with E-state index in [2.05, 4.69) is 22.1 Å². The van der Waals surface area contributed by atoms with Crippen LogP contribution >= 0.6 is 11.8 Å². The van der Waals surface area contributed by atoms with Crippen LogP contribution in [0.3, 0.4) is 0 Å². The summed E-state index contributed by atoms with van der Waals surface area (Å²) >= 11 is 1.40. The molecule has 0 saturated carbocycles. The Morgan fingerprint density at radius 1 is 1.19 bits per heavy atom. The van der Waals surface area contributed by atoms with Gasteiger partial charge in [-0.2, -0.15) is 0 Å². The third-order valence-corrected chi connectivity index (χ3v) is 5.59. The van der Waals surface area contributed by atoms with Crippen LogP contribution in [0.25, 0.3) is 16.6 Å². The van der Waals surface area contributed by atoms with Crippen LogP contribution in [-0.4, -0.2) is 38.2 Å². The van der Waals surface area contributed by atoms with E-state index < -0.39 is 0 Å². The lowest BCUT2D eigenvalue weighted by molar-refractivity contribution is 0.102. The number of Topliss-reactive ketones (excluding diaryl/α,β-unsaturated/α-hetero) is 1. The maximum Gasteiger partial charge on any atom is 0.196 e. The molecule has 1 aromatic carbocycles. The average molecular weight is 380 g/mol. The third kappa shape index (κ3) is 3.08. The topological polar surface area (TPSA) is 72.3 Å². The van der Waals surface area contributed by atoms with Crippen LogP contribution in [0.4, 0.5) is 0 Å². The van der Waals surface area contributed by atoms with Crippen LogP contribution in [-0.2, 0) is 0 Å². The van der Waals surface area contributed by atoms with Crippen LogP contribution < -0.4 is 4.74 Å². The number of aryl methyl sites for hydroxylation is 3. The number of hydrogen-bond acceptors (Lipinski definition) is 5. The minimum Gasteiger partial charge on any atom is -0.497 e. The summed E-state index contributed by atoms with van der Waals surface area (Å²) in [5.74, 6) is 1.15. The molecule has 0 aliphatic heterocycles. The van der Waals surface area contributed by atoms with E-state index in [0.717, 1.165) is 44.8 Å². The number of aromatic nitrogens is 4. The maximum absolute atomic E-state index is 12.6. The second-order valence-electron chi connectivity index (χ2n) is 6.59. The molecular formula is C20H20N4O2S. The fourth-order valence-corrected chi connectivity index (χ4v) is 4.18. The van der Waals surface area contributed by atoms with Gasteiger partial charge in [-0.05, 0) is 50.6 Å². The van der Waals surface area contributed by atoms with Crippen molar-refractivity contribution in [1.82, 2.24) is 19.6 Å². The summed E-state index contributed by atoms with van der Waals surface area (Å²) in [6, 6.07) is 9.86. The number of methoxy groups -OCH3 is 1. The highest BCUT2D eigenvalue weighted by Crippen LogP contribution is 2.29. The second-order valence-corrected chi connectivity index (χ2v) is 7.53. The first-order valence-electron chi connectivity index (χ1n) is 8.62. The summed E-state index contributed by atoms with van der Waals surface area (Å²) in [6.45, 7) is 5.92. The van der Waals surface area contributed by atoms with E-state index in [9.17, 15) is 4.79 Å². The molecule has 4 aromatic rings. The molecule has 0 atom stereocenters. The largest absolute Gasteiger partial charge is 0.497 e. The monoisotopic (exact) mass is 380 g/mol. The number of fused-ring (bicyclic) bond motifs is 3. The molecule has 3 aromatic heterocycles. The standard InChI is InChI=1S/C20H20N4O2S/c1-11-7-19-22-23-20(24(19)17-9-14(26-4)5-6-15(11)17)27-10-18(25)16-8-12(2)21-13(16)3/h5-9,21H,10H2,1-4H3. The van der Waals surface area contributed by atoms with E-state index >= 15 is 0 Å². The molecule has 6 nitrogen and oxygen atoms in total. The van der Waals surface area contributed by atoms with Gasteiger partial charge in [0.25, 0.3) is 0 Å². The van der Waals surface area contributed by atoms with Gasteiger partial charge in [-0.25, -0.2) is 0 Å². The van der Waals surface area contributed by atoms with Gasteiger partial charge in [0.1, 0.15) is 5.75 Å². The van der Waals surface area contributed by atoms with E-state index in [1.807, 2.05) is 48.6 Å². The molecule has 0 unspecified atom stereocenters. The molecule has 1 N–H and O–H groups in total. The number of rotatable bonds is 5. The molecule has 0 amide bonds. The molecule has 0 fully saturated rings. The molecule has 0 aliphatic rings. The molecule has 0 aliphatic carbocycles. The molecular weight excluding hydrogens is 360 g/mol. The van der Waals surface area contributed by atoms with Crippen molar-refractivity contribution in [2.24, 2.45) is 0 Å². The zero-order valence-corrected chi connectivity index (χ0v) is 16.5. The predicted octanol–water partition coefficient (Wildman–Crippen LogP) is 4.12. The number of hydrogen-bond donors (Lipinski definition) is 1. The van der Waals surface area contributed by atoms with Crippen molar-refractivity contribution >= 4 is 34.1 Å². The maximum atomic E-state index is 12.6. The Labute approximate surface area is 160 Å². The Kier molecular flexibility index (Phi) is 4.39. The molecule has 4 rings (SSSR count). The molecule has 3 heterocycles. The first kappa shape index (κ1) is 17.6. The number of thioether (sulfide) groups is 1. The Hall–Kier alpha value is -2.80. The van der Waals surface area contributed by atoms with E-state index in [1.54, 1.807) is 7.11 Å². The molecule has 7 heteroatoms. The Morgan fingerprint density at radius 2 is 2.00 bits per heavy atom. The predicted molar refractivity (Wildman–Crippen MR) is 107 cm³/mol. The fraction of sp³-hybridized carbons (Fsp3) is 0.250. The molecule has 27 heavy (non-hydrogen) atoms. The molecule has 138 valence electrons.